The largest absolute Gasteiger partial charge is 0.364 e. The lowest BCUT2D eigenvalue weighted by molar-refractivity contribution is -0.468. The Morgan fingerprint density at radius 2 is 1.71 bits per heavy atom. The third-order valence-corrected chi connectivity index (χ3v) is 4.30. The Bertz CT molecular complexity index is 543. The molecule has 3 unspecified atom stereocenters. The molecule has 9 heteroatoms. The molecule has 0 heterocycles. The van der Waals surface area contributed by atoms with Crippen molar-refractivity contribution in [3.63, 3.8) is 0 Å². The van der Waals surface area contributed by atoms with Crippen molar-refractivity contribution >= 4 is 5.78 Å². The van der Waals surface area contributed by atoms with Gasteiger partial charge in [0, 0.05) is 5.92 Å². The average molecular weight is 300 g/mol. The lowest BCUT2D eigenvalue weighted by Crippen LogP contribution is -2.85. The summed E-state index contributed by atoms with van der Waals surface area (Å²) in [6.45, 7) is 2.20. The molecule has 1 aliphatic rings. The second kappa shape index (κ2) is 4.71. The molecule has 0 spiro atoms. The molecule has 0 aromatic carbocycles. The van der Waals surface area contributed by atoms with Crippen LogP contribution in [0.5, 0.6) is 0 Å². The number of hydrogen-bond acceptors (Lipinski definition) is 9. The molecule has 21 heavy (non-hydrogen) atoms. The topological polar surface area (TPSA) is 186 Å². The lowest BCUT2D eigenvalue weighted by atomic mass is 9.42. The maximum atomic E-state index is 11.9. The first kappa shape index (κ1) is 17.5. The van der Waals surface area contributed by atoms with Crippen molar-refractivity contribution < 1.29 is 35.4 Å². The Hall–Kier alpha value is -1.59. The van der Waals surface area contributed by atoms with Gasteiger partial charge in [0.2, 0.25) is 0 Å². The van der Waals surface area contributed by atoms with Crippen LogP contribution in [-0.4, -0.2) is 53.8 Å². The van der Waals surface area contributed by atoms with Crippen LogP contribution < -0.4 is 0 Å². The van der Waals surface area contributed by atoms with Crippen molar-refractivity contribution in [1.29, 1.82) is 10.5 Å². The van der Waals surface area contributed by atoms with Crippen LogP contribution in [0.2, 0.25) is 0 Å². The number of hydrogen-bond donors (Lipinski definition) is 6. The van der Waals surface area contributed by atoms with E-state index in [0.717, 1.165) is 13.0 Å². The highest BCUT2D eigenvalue weighted by Gasteiger charge is 2.85. The maximum Gasteiger partial charge on any atom is 0.311 e. The van der Waals surface area contributed by atoms with Crippen LogP contribution in [0.15, 0.2) is 0 Å². The highest BCUT2D eigenvalue weighted by Crippen LogP contribution is 2.65. The van der Waals surface area contributed by atoms with Gasteiger partial charge in [-0.15, -0.1) is 0 Å². The first-order chi connectivity index (χ1) is 9.40. The Kier molecular flexibility index (Phi) is 3.92. The number of nitrogens with zero attached hydrogens (tertiary/aromatic N) is 2. The number of carbonyl (C=O) groups excluding carboxylic acids is 1. The Morgan fingerprint density at radius 3 is 2.00 bits per heavy atom. The molecule has 9 nitrogen and oxygen atoms in total. The van der Waals surface area contributed by atoms with Gasteiger partial charge >= 0.3 is 5.79 Å². The van der Waals surface area contributed by atoms with Crippen molar-refractivity contribution in [2.24, 2.45) is 17.3 Å². The van der Waals surface area contributed by atoms with Gasteiger partial charge in [0.05, 0.1) is 6.07 Å². The standard InChI is InChI=1S/C12H16N2O7/c1-3-7-8(4-13)11(18,19)10(7,6(2)15)12(20,21)9(16,17)5-14/h7-8,16-21H,3H2,1-2H3. The van der Waals surface area contributed by atoms with E-state index < -0.39 is 40.4 Å². The molecule has 1 aliphatic carbocycles. The molecule has 0 bridgehead atoms. The molecule has 1 rings (SSSR count). The van der Waals surface area contributed by atoms with E-state index in [2.05, 4.69) is 0 Å². The van der Waals surface area contributed by atoms with Crippen LogP contribution in [0.3, 0.4) is 0 Å². The van der Waals surface area contributed by atoms with Crippen LogP contribution in [0.1, 0.15) is 20.3 Å². The van der Waals surface area contributed by atoms with Crippen molar-refractivity contribution in [3.05, 3.63) is 0 Å². The lowest BCUT2D eigenvalue weighted by Gasteiger charge is -2.64. The summed E-state index contributed by atoms with van der Waals surface area (Å²) in [6, 6.07) is 2.30. The summed E-state index contributed by atoms with van der Waals surface area (Å²) in [5, 5.41) is 76.5. The van der Waals surface area contributed by atoms with Crippen molar-refractivity contribution in [2.75, 3.05) is 0 Å². The molecule has 3 atom stereocenters. The normalized spacial score (nSPS) is 31.7. The van der Waals surface area contributed by atoms with E-state index in [1.54, 1.807) is 0 Å². The van der Waals surface area contributed by atoms with Gasteiger partial charge in [-0.25, -0.2) is 0 Å². The van der Waals surface area contributed by atoms with Crippen molar-refractivity contribution in [2.45, 2.75) is 37.6 Å². The highest BCUT2D eigenvalue weighted by molar-refractivity contribution is 5.87. The average Bonchev–Trinajstić information content (AvgIpc) is 2.35. The van der Waals surface area contributed by atoms with E-state index in [0.29, 0.717) is 0 Å². The van der Waals surface area contributed by atoms with Gasteiger partial charge in [-0.05, 0) is 6.92 Å². The fourth-order valence-electron chi connectivity index (χ4n) is 3.31. The van der Waals surface area contributed by atoms with Crippen LogP contribution >= 0.6 is 0 Å². The molecule has 0 aliphatic heterocycles. The molecular formula is C12H16N2O7. The smallest absolute Gasteiger partial charge is 0.311 e. The van der Waals surface area contributed by atoms with E-state index in [-0.39, 0.29) is 6.42 Å². The van der Waals surface area contributed by atoms with Gasteiger partial charge in [-0.2, -0.15) is 10.5 Å². The minimum absolute atomic E-state index is 0.0783. The van der Waals surface area contributed by atoms with Crippen LogP contribution in [0, 0.1) is 39.9 Å². The fraction of sp³-hybridized carbons (Fsp3) is 0.750. The second-order valence-corrected chi connectivity index (χ2v) is 5.17. The molecule has 116 valence electrons. The zero-order valence-electron chi connectivity index (χ0n) is 11.3. The van der Waals surface area contributed by atoms with Crippen LogP contribution in [0.25, 0.3) is 0 Å². The summed E-state index contributed by atoms with van der Waals surface area (Å²) in [5.41, 5.74) is -2.92. The quantitative estimate of drug-likeness (QED) is 0.237. The second-order valence-electron chi connectivity index (χ2n) is 5.17. The minimum atomic E-state index is -3.90. The molecule has 6 N–H and O–H groups in total. The summed E-state index contributed by atoms with van der Waals surface area (Å²) in [4.78, 5) is 11.9. The van der Waals surface area contributed by atoms with E-state index in [1.807, 2.05) is 0 Å². The van der Waals surface area contributed by atoms with Gasteiger partial charge in [-0.1, -0.05) is 13.3 Å². The molecule has 1 fully saturated rings. The SMILES string of the molecule is CCC1C(C#N)C(O)(O)C1(C(C)=O)C(O)(O)C(O)(O)C#N. The zero-order valence-corrected chi connectivity index (χ0v) is 11.3. The van der Waals surface area contributed by atoms with Gasteiger partial charge in [-0.3, -0.25) is 4.79 Å². The Labute approximate surface area is 119 Å². The molecule has 0 aromatic heterocycles. The van der Waals surface area contributed by atoms with E-state index >= 15 is 0 Å². The van der Waals surface area contributed by atoms with Crippen molar-refractivity contribution in [1.82, 2.24) is 0 Å². The molecule has 0 aromatic rings. The third-order valence-electron chi connectivity index (χ3n) is 4.30. The first-order valence-corrected chi connectivity index (χ1v) is 6.06. The third kappa shape index (κ3) is 1.67. The van der Waals surface area contributed by atoms with Gasteiger partial charge in [0.25, 0.3) is 5.79 Å². The van der Waals surface area contributed by atoms with Gasteiger partial charge in [0.15, 0.2) is 5.79 Å². The highest BCUT2D eigenvalue weighted by atomic mass is 16.6. The monoisotopic (exact) mass is 300 g/mol. The summed E-state index contributed by atoms with van der Waals surface area (Å²) in [6.07, 6.45) is -0.0783. The van der Waals surface area contributed by atoms with Gasteiger partial charge in [0.1, 0.15) is 23.2 Å². The molecule has 0 radical (unpaired) electrons. The predicted molar refractivity (Wildman–Crippen MR) is 63.1 cm³/mol. The molecule has 0 saturated heterocycles. The van der Waals surface area contributed by atoms with E-state index in [4.69, 9.17) is 10.5 Å². The fourth-order valence-corrected chi connectivity index (χ4v) is 3.31. The van der Waals surface area contributed by atoms with E-state index in [9.17, 15) is 35.4 Å². The van der Waals surface area contributed by atoms with Crippen molar-refractivity contribution in [3.8, 4) is 12.1 Å². The number of Topliss-reactive ketones (excluding diaryl/α,β-unsaturated/α-hetero) is 1. The number of nitriles is 2. The van der Waals surface area contributed by atoms with Crippen LogP contribution in [0.4, 0.5) is 0 Å². The van der Waals surface area contributed by atoms with E-state index in [1.165, 1.54) is 13.0 Å². The zero-order chi connectivity index (χ0) is 16.9. The number of aliphatic hydroxyl groups is 6. The Balaban J connectivity index is 3.68. The molecule has 1 saturated carbocycles. The van der Waals surface area contributed by atoms with Crippen LogP contribution in [-0.2, 0) is 4.79 Å². The molecular weight excluding hydrogens is 284 g/mol. The molecule has 0 amide bonds. The summed E-state index contributed by atoms with van der Waals surface area (Å²) < 4.78 is 0. The summed E-state index contributed by atoms with van der Waals surface area (Å²) in [7, 11) is 0. The summed E-state index contributed by atoms with van der Waals surface area (Å²) in [5.74, 6) is -15.1. The minimum Gasteiger partial charge on any atom is -0.364 e. The van der Waals surface area contributed by atoms with Gasteiger partial charge < -0.3 is 30.6 Å². The predicted octanol–water partition coefficient (Wildman–Crippen LogP) is -2.69. The number of carbonyl (C=O) groups is 1. The number of ketones is 1. The first-order valence-electron chi connectivity index (χ1n) is 6.06. The number of rotatable bonds is 4. The summed E-state index contributed by atoms with van der Waals surface area (Å²) >= 11 is 0. The Morgan fingerprint density at radius 1 is 1.24 bits per heavy atom. The maximum absolute atomic E-state index is 11.9.